The Labute approximate surface area is 168 Å². The first-order chi connectivity index (χ1) is 13.2. The fourth-order valence-corrected chi connectivity index (χ4v) is 3.25. The standard InChI is InChI=1S/C23H45NO3/c1-3-5-7-9-11-16-22(17-12-10-8-6-4-2)27-23(26)18-15-20-24-19-13-14-21-25/h21-22,24H,3-20H2,1-2H3. The molecule has 0 aliphatic carbocycles. The highest BCUT2D eigenvalue weighted by Crippen LogP contribution is 2.17. The Hall–Kier alpha value is -0.900. The van der Waals surface area contributed by atoms with Crippen molar-refractivity contribution in [1.82, 2.24) is 5.32 Å². The normalized spacial score (nSPS) is 11.1. The molecule has 0 amide bonds. The van der Waals surface area contributed by atoms with E-state index in [1.54, 1.807) is 0 Å². The highest BCUT2D eigenvalue weighted by Gasteiger charge is 2.14. The molecule has 0 spiro atoms. The summed E-state index contributed by atoms with van der Waals surface area (Å²) in [5.74, 6) is -0.0446. The first kappa shape index (κ1) is 26.1. The molecule has 0 aliphatic heterocycles. The molecule has 0 aliphatic rings. The van der Waals surface area contributed by atoms with E-state index in [0.717, 1.165) is 45.1 Å². The number of unbranched alkanes of at least 4 members (excludes halogenated alkanes) is 9. The van der Waals surface area contributed by atoms with Gasteiger partial charge in [0.2, 0.25) is 0 Å². The van der Waals surface area contributed by atoms with Gasteiger partial charge >= 0.3 is 5.97 Å². The molecule has 0 aromatic heterocycles. The van der Waals surface area contributed by atoms with Crippen molar-refractivity contribution >= 4 is 12.3 Å². The second-order valence-electron chi connectivity index (χ2n) is 7.68. The molecule has 0 aromatic rings. The predicted molar refractivity (Wildman–Crippen MR) is 114 cm³/mol. The maximum atomic E-state index is 12.2. The fourth-order valence-electron chi connectivity index (χ4n) is 3.25. The van der Waals surface area contributed by atoms with Gasteiger partial charge in [0.15, 0.2) is 0 Å². The summed E-state index contributed by atoms with van der Waals surface area (Å²) in [6, 6.07) is 0. The van der Waals surface area contributed by atoms with Crippen LogP contribution in [-0.4, -0.2) is 31.4 Å². The van der Waals surface area contributed by atoms with Crippen LogP contribution in [0.15, 0.2) is 0 Å². The molecule has 0 aromatic carbocycles. The van der Waals surface area contributed by atoms with Crippen molar-refractivity contribution in [2.24, 2.45) is 0 Å². The van der Waals surface area contributed by atoms with Crippen molar-refractivity contribution in [3.05, 3.63) is 0 Å². The summed E-state index contributed by atoms with van der Waals surface area (Å²) < 4.78 is 5.80. The minimum Gasteiger partial charge on any atom is -0.462 e. The van der Waals surface area contributed by atoms with E-state index in [9.17, 15) is 9.59 Å². The molecular formula is C23H45NO3. The van der Waals surface area contributed by atoms with Gasteiger partial charge in [-0.3, -0.25) is 4.79 Å². The third-order valence-electron chi connectivity index (χ3n) is 4.97. The SMILES string of the molecule is CCCCCCCC(CCCCCCC)OC(=O)CCCNCCCC=O. The van der Waals surface area contributed by atoms with E-state index < -0.39 is 0 Å². The summed E-state index contributed by atoms with van der Waals surface area (Å²) in [5.41, 5.74) is 0. The molecule has 0 saturated carbocycles. The van der Waals surface area contributed by atoms with E-state index in [1.807, 2.05) is 0 Å². The van der Waals surface area contributed by atoms with Gasteiger partial charge < -0.3 is 14.8 Å². The van der Waals surface area contributed by atoms with Gasteiger partial charge in [0.05, 0.1) is 0 Å². The largest absolute Gasteiger partial charge is 0.462 e. The minimum absolute atomic E-state index is 0.0446. The zero-order chi connectivity index (χ0) is 20.0. The lowest BCUT2D eigenvalue weighted by Crippen LogP contribution is -2.21. The third kappa shape index (κ3) is 19.7. The van der Waals surface area contributed by atoms with Crippen LogP contribution in [0.2, 0.25) is 0 Å². The van der Waals surface area contributed by atoms with Crippen LogP contribution in [0.4, 0.5) is 0 Å². The first-order valence-electron chi connectivity index (χ1n) is 11.6. The molecule has 0 saturated heterocycles. The van der Waals surface area contributed by atoms with Crippen molar-refractivity contribution in [3.8, 4) is 0 Å². The monoisotopic (exact) mass is 383 g/mol. The summed E-state index contributed by atoms with van der Waals surface area (Å²) >= 11 is 0. The summed E-state index contributed by atoms with van der Waals surface area (Å²) in [5, 5.41) is 3.27. The average Bonchev–Trinajstić information content (AvgIpc) is 2.66. The van der Waals surface area contributed by atoms with Crippen LogP contribution in [0.3, 0.4) is 0 Å². The summed E-state index contributed by atoms with van der Waals surface area (Å²) in [6.07, 6.45) is 18.4. The first-order valence-corrected chi connectivity index (χ1v) is 11.6. The predicted octanol–water partition coefficient (Wildman–Crippen LogP) is 5.97. The quantitative estimate of drug-likeness (QED) is 0.151. The Morgan fingerprint density at radius 1 is 0.815 bits per heavy atom. The van der Waals surface area contributed by atoms with E-state index in [4.69, 9.17) is 4.74 Å². The lowest BCUT2D eigenvalue weighted by atomic mass is 10.0. The lowest BCUT2D eigenvalue weighted by molar-refractivity contribution is -0.150. The molecule has 0 radical (unpaired) electrons. The Morgan fingerprint density at radius 2 is 1.37 bits per heavy atom. The van der Waals surface area contributed by atoms with Crippen LogP contribution in [0.5, 0.6) is 0 Å². The summed E-state index contributed by atoms with van der Waals surface area (Å²) in [6.45, 7) is 6.12. The van der Waals surface area contributed by atoms with E-state index in [0.29, 0.717) is 12.8 Å². The van der Waals surface area contributed by atoms with Crippen LogP contribution in [0.25, 0.3) is 0 Å². The molecule has 160 valence electrons. The third-order valence-corrected chi connectivity index (χ3v) is 4.97. The van der Waals surface area contributed by atoms with Gasteiger partial charge in [-0.15, -0.1) is 0 Å². The topological polar surface area (TPSA) is 55.4 Å². The molecular weight excluding hydrogens is 338 g/mol. The number of hydrogen-bond acceptors (Lipinski definition) is 4. The fraction of sp³-hybridized carbons (Fsp3) is 0.913. The molecule has 0 heterocycles. The van der Waals surface area contributed by atoms with Gasteiger partial charge in [-0.25, -0.2) is 0 Å². The number of rotatable bonds is 21. The number of aldehydes is 1. The second-order valence-corrected chi connectivity index (χ2v) is 7.68. The number of carbonyl (C=O) groups excluding carboxylic acids is 2. The Balaban J connectivity index is 3.95. The maximum absolute atomic E-state index is 12.2. The zero-order valence-electron chi connectivity index (χ0n) is 18.1. The van der Waals surface area contributed by atoms with Crippen molar-refractivity contribution in [3.63, 3.8) is 0 Å². The van der Waals surface area contributed by atoms with Crippen LogP contribution in [0.1, 0.15) is 117 Å². The van der Waals surface area contributed by atoms with E-state index in [2.05, 4.69) is 19.2 Å². The van der Waals surface area contributed by atoms with Crippen LogP contribution < -0.4 is 5.32 Å². The van der Waals surface area contributed by atoms with Crippen LogP contribution in [0, 0.1) is 0 Å². The van der Waals surface area contributed by atoms with Crippen LogP contribution >= 0.6 is 0 Å². The number of nitrogens with one attached hydrogen (secondary N) is 1. The van der Waals surface area contributed by atoms with Gasteiger partial charge in [-0.1, -0.05) is 65.2 Å². The van der Waals surface area contributed by atoms with E-state index in [-0.39, 0.29) is 12.1 Å². The molecule has 4 heteroatoms. The van der Waals surface area contributed by atoms with E-state index in [1.165, 1.54) is 64.2 Å². The zero-order valence-corrected chi connectivity index (χ0v) is 18.1. The number of ether oxygens (including phenoxy) is 1. The Bertz CT molecular complexity index is 320. The Kier molecular flexibility index (Phi) is 20.7. The average molecular weight is 384 g/mol. The number of esters is 1. The van der Waals surface area contributed by atoms with Gasteiger partial charge in [-0.05, 0) is 51.6 Å². The number of hydrogen-bond donors (Lipinski definition) is 1. The van der Waals surface area contributed by atoms with Crippen molar-refractivity contribution < 1.29 is 14.3 Å². The highest BCUT2D eigenvalue weighted by molar-refractivity contribution is 5.69. The maximum Gasteiger partial charge on any atom is 0.306 e. The summed E-state index contributed by atoms with van der Waals surface area (Å²) in [4.78, 5) is 22.4. The molecule has 1 N–H and O–H groups in total. The van der Waals surface area contributed by atoms with Gasteiger partial charge in [0.25, 0.3) is 0 Å². The van der Waals surface area contributed by atoms with Gasteiger partial charge in [0, 0.05) is 12.8 Å². The summed E-state index contributed by atoms with van der Waals surface area (Å²) in [7, 11) is 0. The smallest absolute Gasteiger partial charge is 0.306 e. The Morgan fingerprint density at radius 3 is 1.93 bits per heavy atom. The molecule has 0 bridgehead atoms. The molecule has 4 nitrogen and oxygen atoms in total. The van der Waals surface area contributed by atoms with Gasteiger partial charge in [-0.2, -0.15) is 0 Å². The molecule has 0 atom stereocenters. The van der Waals surface area contributed by atoms with Gasteiger partial charge in [0.1, 0.15) is 12.4 Å². The van der Waals surface area contributed by atoms with Crippen molar-refractivity contribution in [1.29, 1.82) is 0 Å². The minimum atomic E-state index is -0.0446. The molecule has 0 rings (SSSR count). The molecule has 0 unspecified atom stereocenters. The van der Waals surface area contributed by atoms with Crippen molar-refractivity contribution in [2.75, 3.05) is 13.1 Å². The molecule has 0 fully saturated rings. The molecule has 27 heavy (non-hydrogen) atoms. The lowest BCUT2D eigenvalue weighted by Gasteiger charge is -2.18. The highest BCUT2D eigenvalue weighted by atomic mass is 16.5. The van der Waals surface area contributed by atoms with E-state index >= 15 is 0 Å². The van der Waals surface area contributed by atoms with Crippen LogP contribution in [-0.2, 0) is 14.3 Å². The van der Waals surface area contributed by atoms with Crippen molar-refractivity contribution in [2.45, 2.75) is 123 Å². The number of carbonyl (C=O) groups is 2. The second kappa shape index (κ2) is 21.4.